The third-order valence-corrected chi connectivity index (χ3v) is 4.21. The molecule has 0 radical (unpaired) electrons. The molecule has 0 aromatic carbocycles. The van der Waals surface area contributed by atoms with Gasteiger partial charge in [0.25, 0.3) is 0 Å². The first-order valence-corrected chi connectivity index (χ1v) is 6.93. The second-order valence-electron chi connectivity index (χ2n) is 5.95. The van der Waals surface area contributed by atoms with E-state index in [1.165, 1.54) is 19.3 Å². The monoisotopic (exact) mass is 255 g/mol. The first-order chi connectivity index (χ1) is 8.60. The molecule has 0 aromatic rings. The quantitative estimate of drug-likeness (QED) is 0.337. The first-order valence-electron chi connectivity index (χ1n) is 6.93. The normalized spacial score (nSPS) is 39.8. The zero-order valence-corrected chi connectivity index (χ0v) is 11.4. The summed E-state index contributed by atoms with van der Waals surface area (Å²) in [5, 5.41) is 11.8. The van der Waals surface area contributed by atoms with Crippen molar-refractivity contribution >= 4 is 5.84 Å². The van der Waals surface area contributed by atoms with Gasteiger partial charge in [0.05, 0.1) is 6.61 Å². The molecule has 1 heterocycles. The molecule has 0 bridgehead atoms. The summed E-state index contributed by atoms with van der Waals surface area (Å²) >= 11 is 0. The van der Waals surface area contributed by atoms with Gasteiger partial charge in [0.1, 0.15) is 6.10 Å². The van der Waals surface area contributed by atoms with Crippen molar-refractivity contribution in [1.29, 1.82) is 0 Å². The van der Waals surface area contributed by atoms with Crippen LogP contribution in [0, 0.1) is 11.8 Å². The Morgan fingerprint density at radius 2 is 1.94 bits per heavy atom. The summed E-state index contributed by atoms with van der Waals surface area (Å²) in [4.78, 5) is 2.46. The van der Waals surface area contributed by atoms with E-state index in [1.54, 1.807) is 0 Å². The van der Waals surface area contributed by atoms with Gasteiger partial charge in [0.15, 0.2) is 5.84 Å². The number of nitrogens with two attached hydrogens (primary N) is 1. The van der Waals surface area contributed by atoms with E-state index < -0.39 is 0 Å². The summed E-state index contributed by atoms with van der Waals surface area (Å²) in [5.74, 6) is 1.78. The third-order valence-electron chi connectivity index (χ3n) is 4.21. The Balaban J connectivity index is 1.96. The van der Waals surface area contributed by atoms with Crippen LogP contribution in [0.3, 0.4) is 0 Å². The fraction of sp³-hybridized carbons (Fsp3) is 0.923. The molecule has 0 amide bonds. The molecule has 18 heavy (non-hydrogen) atoms. The topological polar surface area (TPSA) is 71.1 Å². The molecule has 0 spiro atoms. The van der Waals surface area contributed by atoms with E-state index in [9.17, 15) is 0 Å². The number of hydrogen-bond donors (Lipinski definition) is 2. The van der Waals surface area contributed by atoms with E-state index in [-0.39, 0.29) is 11.9 Å². The standard InChI is InChI=1S/C13H25N3O2/c1-9-5-10(2)7-11(6-9)16-3-4-18-12(8-16)13(14)15-17/h9-12,17H,3-8H2,1-2H3,(H2,14,15). The Morgan fingerprint density at radius 1 is 1.28 bits per heavy atom. The molecule has 104 valence electrons. The van der Waals surface area contributed by atoms with Crippen LogP contribution in [-0.2, 0) is 4.74 Å². The molecule has 3 atom stereocenters. The van der Waals surface area contributed by atoms with Gasteiger partial charge in [-0.05, 0) is 31.1 Å². The molecule has 5 nitrogen and oxygen atoms in total. The summed E-state index contributed by atoms with van der Waals surface area (Å²) in [6, 6.07) is 0.627. The molecule has 3 N–H and O–H groups in total. The molecule has 2 fully saturated rings. The van der Waals surface area contributed by atoms with Gasteiger partial charge >= 0.3 is 0 Å². The minimum atomic E-state index is -0.253. The van der Waals surface area contributed by atoms with Crippen molar-refractivity contribution in [3.05, 3.63) is 0 Å². The predicted molar refractivity (Wildman–Crippen MR) is 70.7 cm³/mol. The van der Waals surface area contributed by atoms with Gasteiger partial charge in [-0.1, -0.05) is 19.0 Å². The van der Waals surface area contributed by atoms with Gasteiger partial charge in [-0.15, -0.1) is 0 Å². The highest BCUT2D eigenvalue weighted by Crippen LogP contribution is 2.32. The van der Waals surface area contributed by atoms with E-state index >= 15 is 0 Å². The van der Waals surface area contributed by atoms with Crippen molar-refractivity contribution in [3.8, 4) is 0 Å². The number of nitrogens with zero attached hydrogens (tertiary/aromatic N) is 2. The number of oxime groups is 1. The Hall–Kier alpha value is -0.810. The van der Waals surface area contributed by atoms with Crippen LogP contribution < -0.4 is 5.73 Å². The van der Waals surface area contributed by atoms with Gasteiger partial charge in [-0.3, -0.25) is 4.90 Å². The van der Waals surface area contributed by atoms with E-state index in [0.29, 0.717) is 12.6 Å². The second kappa shape index (κ2) is 5.89. The van der Waals surface area contributed by atoms with Crippen LogP contribution in [0.5, 0.6) is 0 Å². The van der Waals surface area contributed by atoms with Crippen molar-refractivity contribution in [1.82, 2.24) is 4.90 Å². The first kappa shape index (κ1) is 13.6. The molecule has 1 saturated heterocycles. The summed E-state index contributed by atoms with van der Waals surface area (Å²) in [6.45, 7) is 7.05. The minimum absolute atomic E-state index is 0.191. The summed E-state index contributed by atoms with van der Waals surface area (Å²) < 4.78 is 5.55. The van der Waals surface area contributed by atoms with Crippen molar-refractivity contribution in [2.45, 2.75) is 45.3 Å². The van der Waals surface area contributed by atoms with Crippen LogP contribution in [0.2, 0.25) is 0 Å². The van der Waals surface area contributed by atoms with Gasteiger partial charge in [0, 0.05) is 19.1 Å². The molecule has 1 aliphatic carbocycles. The molecule has 1 saturated carbocycles. The number of rotatable bonds is 2. The van der Waals surface area contributed by atoms with E-state index in [2.05, 4.69) is 23.9 Å². The van der Waals surface area contributed by atoms with E-state index in [4.69, 9.17) is 15.7 Å². The predicted octanol–water partition coefficient (Wildman–Crippen LogP) is 1.26. The minimum Gasteiger partial charge on any atom is -0.409 e. The highest BCUT2D eigenvalue weighted by molar-refractivity contribution is 5.84. The summed E-state index contributed by atoms with van der Waals surface area (Å²) in [7, 11) is 0. The Bertz CT molecular complexity index is 299. The maximum Gasteiger partial charge on any atom is 0.169 e. The molecule has 3 unspecified atom stereocenters. The lowest BCUT2D eigenvalue weighted by Gasteiger charge is -2.42. The highest BCUT2D eigenvalue weighted by Gasteiger charge is 2.32. The van der Waals surface area contributed by atoms with E-state index in [1.807, 2.05) is 0 Å². The summed E-state index contributed by atoms with van der Waals surface area (Å²) in [6.07, 6.45) is 3.60. The zero-order valence-electron chi connectivity index (χ0n) is 11.4. The van der Waals surface area contributed by atoms with Crippen LogP contribution in [0.15, 0.2) is 5.16 Å². The van der Waals surface area contributed by atoms with E-state index in [0.717, 1.165) is 24.9 Å². The number of morpholine rings is 1. The summed E-state index contributed by atoms with van der Waals surface area (Å²) in [5.41, 5.74) is 5.64. The molecule has 5 heteroatoms. The number of hydrogen-bond acceptors (Lipinski definition) is 4. The maximum absolute atomic E-state index is 8.73. The van der Waals surface area contributed by atoms with Crippen molar-refractivity contribution in [2.75, 3.05) is 19.7 Å². The molecule has 1 aliphatic heterocycles. The SMILES string of the molecule is CC1CC(C)CC(N2CCOC(C(N)=NO)C2)C1. The van der Waals surface area contributed by atoms with Crippen LogP contribution >= 0.6 is 0 Å². The fourth-order valence-electron chi connectivity index (χ4n) is 3.45. The molecule has 2 rings (SSSR count). The average Bonchev–Trinajstić information content (AvgIpc) is 2.37. The Morgan fingerprint density at radius 3 is 2.56 bits per heavy atom. The van der Waals surface area contributed by atoms with Crippen molar-refractivity contribution in [2.24, 2.45) is 22.7 Å². The van der Waals surface area contributed by atoms with Crippen molar-refractivity contribution in [3.63, 3.8) is 0 Å². The number of amidine groups is 1. The van der Waals surface area contributed by atoms with Crippen LogP contribution in [0.1, 0.15) is 33.1 Å². The Kier molecular flexibility index (Phi) is 4.45. The van der Waals surface area contributed by atoms with Gasteiger partial charge < -0.3 is 15.7 Å². The second-order valence-corrected chi connectivity index (χ2v) is 5.95. The van der Waals surface area contributed by atoms with Crippen LogP contribution in [0.25, 0.3) is 0 Å². The lowest BCUT2D eigenvalue weighted by Crippen LogP contribution is -2.53. The van der Waals surface area contributed by atoms with Gasteiger partial charge in [-0.25, -0.2) is 0 Å². The van der Waals surface area contributed by atoms with Gasteiger partial charge in [-0.2, -0.15) is 0 Å². The highest BCUT2D eigenvalue weighted by atomic mass is 16.5. The lowest BCUT2D eigenvalue weighted by atomic mass is 9.79. The number of ether oxygens (including phenoxy) is 1. The zero-order chi connectivity index (χ0) is 13.1. The maximum atomic E-state index is 8.73. The molecular weight excluding hydrogens is 230 g/mol. The molecule has 0 aromatic heterocycles. The largest absolute Gasteiger partial charge is 0.409 e. The smallest absolute Gasteiger partial charge is 0.169 e. The Labute approximate surface area is 109 Å². The fourth-order valence-corrected chi connectivity index (χ4v) is 3.45. The average molecular weight is 255 g/mol. The van der Waals surface area contributed by atoms with Crippen LogP contribution in [0.4, 0.5) is 0 Å². The van der Waals surface area contributed by atoms with Crippen molar-refractivity contribution < 1.29 is 9.94 Å². The van der Waals surface area contributed by atoms with Gasteiger partial charge in [0.2, 0.25) is 0 Å². The third kappa shape index (κ3) is 3.14. The molecular formula is C13H25N3O2. The lowest BCUT2D eigenvalue weighted by molar-refractivity contribution is -0.0273. The molecule has 2 aliphatic rings. The van der Waals surface area contributed by atoms with Crippen LogP contribution in [-0.4, -0.2) is 47.8 Å².